The Morgan fingerprint density at radius 3 is 1.29 bits per heavy atom. The third kappa shape index (κ3) is 5.21. The quantitative estimate of drug-likeness (QED) is 0.172. The van der Waals surface area contributed by atoms with Crippen molar-refractivity contribution in [2.75, 3.05) is 0 Å². The summed E-state index contributed by atoms with van der Waals surface area (Å²) in [6.45, 7) is 0. The van der Waals surface area contributed by atoms with E-state index in [9.17, 15) is 0 Å². The Bertz CT molecular complexity index is 3120. The smallest absolute Gasteiger partial charge is 0.164 e. The molecule has 11 aromatic rings. The molecule has 0 aliphatic carbocycles. The van der Waals surface area contributed by atoms with Crippen LogP contribution in [0.1, 0.15) is 0 Å². The largest absolute Gasteiger partial charge is 0.309 e. The fraction of sp³-hybridized carbons (Fsp3) is 0. The predicted molar refractivity (Wildman–Crippen MR) is 230 cm³/mol. The topological polar surface area (TPSA) is 48.5 Å². The Labute approximate surface area is 323 Å². The third-order valence-electron chi connectivity index (χ3n) is 10.7. The lowest BCUT2D eigenvalue weighted by atomic mass is 10.0. The molecular weight excluding hydrogens is 683 g/mol. The highest BCUT2D eigenvalue weighted by molar-refractivity contribution is 6.16. The van der Waals surface area contributed by atoms with Gasteiger partial charge in [0.25, 0.3) is 0 Å². The Morgan fingerprint density at radius 1 is 0.286 bits per heavy atom. The van der Waals surface area contributed by atoms with Crippen molar-refractivity contribution >= 4 is 43.6 Å². The molecule has 0 N–H and O–H groups in total. The van der Waals surface area contributed by atoms with Gasteiger partial charge in [-0.25, -0.2) is 15.0 Å². The Balaban J connectivity index is 1.20. The first-order valence-corrected chi connectivity index (χ1v) is 18.9. The summed E-state index contributed by atoms with van der Waals surface area (Å²) in [6, 6.07) is 70.4. The van der Waals surface area contributed by atoms with Crippen molar-refractivity contribution in [3.8, 4) is 56.7 Å². The minimum Gasteiger partial charge on any atom is -0.309 e. The van der Waals surface area contributed by atoms with Crippen LogP contribution in [0.4, 0.5) is 0 Å². The van der Waals surface area contributed by atoms with E-state index in [0.29, 0.717) is 17.5 Å². The molecule has 8 aromatic carbocycles. The van der Waals surface area contributed by atoms with Crippen molar-refractivity contribution in [2.24, 2.45) is 0 Å². The first kappa shape index (κ1) is 31.9. The molecule has 0 bridgehead atoms. The molecule has 0 spiro atoms. The van der Waals surface area contributed by atoms with Crippen molar-refractivity contribution in [1.29, 1.82) is 0 Å². The monoisotopic (exact) mass is 715 g/mol. The van der Waals surface area contributed by atoms with E-state index in [1.54, 1.807) is 0 Å². The van der Waals surface area contributed by atoms with E-state index >= 15 is 0 Å². The van der Waals surface area contributed by atoms with E-state index in [2.05, 4.69) is 149 Å². The lowest BCUT2D eigenvalue weighted by Crippen LogP contribution is -2.02. The van der Waals surface area contributed by atoms with Crippen molar-refractivity contribution in [1.82, 2.24) is 24.1 Å². The summed E-state index contributed by atoms with van der Waals surface area (Å²) in [5, 5.41) is 4.86. The maximum absolute atomic E-state index is 5.15. The van der Waals surface area contributed by atoms with Gasteiger partial charge in [0.15, 0.2) is 17.5 Å². The first-order valence-electron chi connectivity index (χ1n) is 18.9. The highest BCUT2D eigenvalue weighted by Crippen LogP contribution is 2.41. The molecular formula is C51H33N5. The minimum absolute atomic E-state index is 0.614. The average Bonchev–Trinajstić information content (AvgIpc) is 3.80. The maximum Gasteiger partial charge on any atom is 0.164 e. The molecule has 3 aromatic heterocycles. The summed E-state index contributed by atoms with van der Waals surface area (Å²) in [6.07, 6.45) is 0. The molecule has 0 radical (unpaired) electrons. The van der Waals surface area contributed by atoms with Crippen molar-refractivity contribution in [2.45, 2.75) is 0 Å². The Hall–Kier alpha value is -7.63. The number of hydrogen-bond donors (Lipinski definition) is 0. The van der Waals surface area contributed by atoms with Crippen LogP contribution >= 0.6 is 0 Å². The molecule has 0 aliphatic rings. The number of benzene rings is 8. The molecule has 0 saturated heterocycles. The number of hydrogen-bond acceptors (Lipinski definition) is 3. The molecule has 262 valence electrons. The fourth-order valence-corrected chi connectivity index (χ4v) is 8.25. The second kappa shape index (κ2) is 13.0. The molecule has 5 heteroatoms. The van der Waals surface area contributed by atoms with E-state index in [-0.39, 0.29) is 0 Å². The summed E-state index contributed by atoms with van der Waals surface area (Å²) in [5.41, 5.74) is 11.7. The zero-order valence-corrected chi connectivity index (χ0v) is 30.3. The second-order valence-corrected chi connectivity index (χ2v) is 14.1. The molecule has 3 heterocycles. The van der Waals surface area contributed by atoms with E-state index in [1.165, 1.54) is 32.6 Å². The van der Waals surface area contributed by atoms with Gasteiger partial charge in [-0.3, -0.25) is 0 Å². The molecule has 0 unspecified atom stereocenters. The van der Waals surface area contributed by atoms with Crippen LogP contribution in [0.2, 0.25) is 0 Å². The average molecular weight is 716 g/mol. The van der Waals surface area contributed by atoms with Gasteiger partial charge < -0.3 is 9.13 Å². The minimum atomic E-state index is 0.614. The standard InChI is InChI=1S/C51H33N5/c1-4-17-34(18-5-1)37-31-38(51-53-49(35-19-6-2-7-20-35)52-50(54-51)36-21-8-3-9-22-36)33-39(32-37)55-45-28-15-12-25-42(45)48-46(55)29-16-30-47(48)56-43-26-13-10-23-40(43)41-24-11-14-27-44(41)56/h1-33H. The summed E-state index contributed by atoms with van der Waals surface area (Å²) in [5.74, 6) is 1.88. The van der Waals surface area contributed by atoms with Crippen LogP contribution in [0.15, 0.2) is 200 Å². The van der Waals surface area contributed by atoms with Crippen LogP contribution in [-0.2, 0) is 0 Å². The van der Waals surface area contributed by atoms with Gasteiger partial charge in [0.1, 0.15) is 0 Å². The van der Waals surface area contributed by atoms with Crippen LogP contribution in [0.5, 0.6) is 0 Å². The highest BCUT2D eigenvalue weighted by Gasteiger charge is 2.21. The first-order chi connectivity index (χ1) is 27.8. The zero-order valence-electron chi connectivity index (χ0n) is 30.3. The molecule has 0 amide bonds. The van der Waals surface area contributed by atoms with Crippen LogP contribution < -0.4 is 0 Å². The fourth-order valence-electron chi connectivity index (χ4n) is 8.25. The predicted octanol–water partition coefficient (Wildman–Crippen LogP) is 12.7. The van der Waals surface area contributed by atoms with Gasteiger partial charge in [0.2, 0.25) is 0 Å². The van der Waals surface area contributed by atoms with Gasteiger partial charge in [0.05, 0.1) is 27.8 Å². The Morgan fingerprint density at radius 2 is 0.714 bits per heavy atom. The van der Waals surface area contributed by atoms with Crippen molar-refractivity contribution in [3.05, 3.63) is 200 Å². The van der Waals surface area contributed by atoms with Crippen LogP contribution in [0.25, 0.3) is 100 Å². The third-order valence-corrected chi connectivity index (χ3v) is 10.7. The normalized spacial score (nSPS) is 11.6. The van der Waals surface area contributed by atoms with Crippen LogP contribution in [0.3, 0.4) is 0 Å². The lowest BCUT2D eigenvalue weighted by Gasteiger charge is -2.15. The van der Waals surface area contributed by atoms with Gasteiger partial charge in [-0.1, -0.05) is 152 Å². The molecule has 56 heavy (non-hydrogen) atoms. The summed E-state index contributed by atoms with van der Waals surface area (Å²) in [4.78, 5) is 15.3. The SMILES string of the molecule is c1ccc(-c2cc(-c3nc(-c4ccccc4)nc(-c4ccccc4)n3)cc(-n3c4ccccc4c4c(-n5c6ccccc6c6ccccc65)cccc43)c2)cc1. The maximum atomic E-state index is 5.15. The number of aromatic nitrogens is 5. The van der Waals surface area contributed by atoms with E-state index in [0.717, 1.165) is 50.2 Å². The van der Waals surface area contributed by atoms with E-state index in [4.69, 9.17) is 15.0 Å². The van der Waals surface area contributed by atoms with Gasteiger partial charge in [-0.05, 0) is 59.7 Å². The Kier molecular flexibility index (Phi) is 7.42. The number of fused-ring (bicyclic) bond motifs is 6. The van der Waals surface area contributed by atoms with Crippen molar-refractivity contribution in [3.63, 3.8) is 0 Å². The van der Waals surface area contributed by atoms with Gasteiger partial charge in [-0.15, -0.1) is 0 Å². The van der Waals surface area contributed by atoms with Crippen molar-refractivity contribution < 1.29 is 0 Å². The summed E-state index contributed by atoms with van der Waals surface area (Å²) >= 11 is 0. The number of para-hydroxylation sites is 3. The van der Waals surface area contributed by atoms with Gasteiger partial charge >= 0.3 is 0 Å². The molecule has 0 aliphatic heterocycles. The summed E-state index contributed by atoms with van der Waals surface area (Å²) < 4.78 is 4.83. The molecule has 0 atom stereocenters. The van der Waals surface area contributed by atoms with E-state index in [1.807, 2.05) is 60.7 Å². The zero-order chi connectivity index (χ0) is 37.0. The highest BCUT2D eigenvalue weighted by atomic mass is 15.0. The molecule has 11 rings (SSSR count). The lowest BCUT2D eigenvalue weighted by molar-refractivity contribution is 1.07. The number of nitrogens with zero attached hydrogens (tertiary/aromatic N) is 5. The molecule has 0 saturated carbocycles. The van der Waals surface area contributed by atoms with Gasteiger partial charge in [-0.2, -0.15) is 0 Å². The second-order valence-electron chi connectivity index (χ2n) is 14.1. The molecule has 0 fully saturated rings. The summed E-state index contributed by atoms with van der Waals surface area (Å²) in [7, 11) is 0. The van der Waals surface area contributed by atoms with E-state index < -0.39 is 0 Å². The van der Waals surface area contributed by atoms with Crippen LogP contribution in [0, 0.1) is 0 Å². The molecule has 5 nitrogen and oxygen atoms in total. The van der Waals surface area contributed by atoms with Gasteiger partial charge in [0, 0.05) is 43.9 Å². The van der Waals surface area contributed by atoms with Crippen LogP contribution in [-0.4, -0.2) is 24.1 Å². The number of rotatable bonds is 6.